The van der Waals surface area contributed by atoms with Crippen molar-refractivity contribution in [2.75, 3.05) is 17.7 Å². The molecule has 3 aromatic rings. The second kappa shape index (κ2) is 7.36. The monoisotopic (exact) mass is 358 g/mol. The van der Waals surface area contributed by atoms with Gasteiger partial charge < -0.3 is 15.4 Å². The number of ether oxygens (including phenoxy) is 1. The second-order valence-electron chi connectivity index (χ2n) is 5.32. The molecule has 0 spiro atoms. The van der Waals surface area contributed by atoms with Crippen LogP contribution in [0.5, 0.6) is 5.75 Å². The minimum Gasteiger partial charge on any atom is -0.495 e. The Labute approximate surface area is 149 Å². The summed E-state index contributed by atoms with van der Waals surface area (Å²) >= 11 is 6.12. The molecule has 0 amide bonds. The third-order valence-electron chi connectivity index (χ3n) is 3.50. The maximum Gasteiger partial charge on any atom is 0.229 e. The van der Waals surface area contributed by atoms with Crippen LogP contribution in [-0.4, -0.2) is 17.1 Å². The van der Waals surface area contributed by atoms with E-state index in [1.165, 1.54) is 12.1 Å². The van der Waals surface area contributed by atoms with Crippen LogP contribution in [-0.2, 0) is 0 Å². The summed E-state index contributed by atoms with van der Waals surface area (Å²) in [6.07, 6.45) is 1.62. The molecule has 1 heterocycles. The quantitative estimate of drug-likeness (QED) is 0.666. The number of anilines is 4. The van der Waals surface area contributed by atoms with Crippen molar-refractivity contribution in [1.29, 1.82) is 0 Å². The van der Waals surface area contributed by atoms with Gasteiger partial charge in [0.1, 0.15) is 17.4 Å². The molecule has 0 saturated carbocycles. The molecule has 0 aliphatic carbocycles. The molecule has 2 aromatic carbocycles. The number of halogens is 2. The third-order valence-corrected chi connectivity index (χ3v) is 3.91. The molecule has 0 unspecified atom stereocenters. The summed E-state index contributed by atoms with van der Waals surface area (Å²) < 4.78 is 18.3. The molecule has 25 heavy (non-hydrogen) atoms. The first-order valence-electron chi connectivity index (χ1n) is 7.52. The fraction of sp³-hybridized carbons (Fsp3) is 0.111. The van der Waals surface area contributed by atoms with Crippen LogP contribution in [0.1, 0.15) is 5.56 Å². The Hall–Kier alpha value is -2.86. The molecular formula is C18H16ClFN4O. The highest BCUT2D eigenvalue weighted by atomic mass is 35.5. The highest BCUT2D eigenvalue weighted by molar-refractivity contribution is 6.31. The smallest absolute Gasteiger partial charge is 0.229 e. The Morgan fingerprint density at radius 3 is 2.56 bits per heavy atom. The van der Waals surface area contributed by atoms with Gasteiger partial charge in [-0.3, -0.25) is 0 Å². The number of nitrogens with zero attached hydrogens (tertiary/aromatic N) is 2. The van der Waals surface area contributed by atoms with E-state index in [4.69, 9.17) is 16.3 Å². The summed E-state index contributed by atoms with van der Waals surface area (Å²) in [4.78, 5) is 8.56. The predicted octanol–water partition coefficient (Wildman–Crippen LogP) is 5.07. The van der Waals surface area contributed by atoms with Gasteiger partial charge in [-0.05, 0) is 48.9 Å². The molecular weight excluding hydrogens is 343 g/mol. The molecule has 0 radical (unpaired) electrons. The number of nitrogens with one attached hydrogen (secondary N) is 2. The van der Waals surface area contributed by atoms with E-state index in [1.807, 2.05) is 13.0 Å². The first-order chi connectivity index (χ1) is 12.0. The van der Waals surface area contributed by atoms with Crippen LogP contribution in [0.25, 0.3) is 0 Å². The first-order valence-corrected chi connectivity index (χ1v) is 7.90. The summed E-state index contributed by atoms with van der Waals surface area (Å²) in [6, 6.07) is 11.3. The minimum absolute atomic E-state index is 0.299. The van der Waals surface area contributed by atoms with Crippen molar-refractivity contribution in [3.05, 3.63) is 65.1 Å². The van der Waals surface area contributed by atoms with Gasteiger partial charge in [-0.25, -0.2) is 9.37 Å². The molecule has 2 N–H and O–H groups in total. The largest absolute Gasteiger partial charge is 0.495 e. The van der Waals surface area contributed by atoms with E-state index in [0.29, 0.717) is 28.2 Å². The van der Waals surface area contributed by atoms with Gasteiger partial charge >= 0.3 is 0 Å². The molecule has 3 rings (SSSR count). The highest BCUT2D eigenvalue weighted by Crippen LogP contribution is 2.32. The number of methoxy groups -OCH3 is 1. The summed E-state index contributed by atoms with van der Waals surface area (Å²) in [5.41, 5.74) is 2.36. The van der Waals surface area contributed by atoms with Gasteiger partial charge in [0.2, 0.25) is 5.95 Å². The zero-order valence-corrected chi connectivity index (χ0v) is 14.4. The van der Waals surface area contributed by atoms with E-state index in [-0.39, 0.29) is 5.82 Å². The molecule has 0 bridgehead atoms. The first kappa shape index (κ1) is 17.0. The molecule has 0 aliphatic heterocycles. The Balaban J connectivity index is 1.82. The van der Waals surface area contributed by atoms with Crippen LogP contribution >= 0.6 is 11.6 Å². The van der Waals surface area contributed by atoms with Gasteiger partial charge in [0.25, 0.3) is 0 Å². The van der Waals surface area contributed by atoms with Crippen LogP contribution in [0.3, 0.4) is 0 Å². The molecule has 128 valence electrons. The van der Waals surface area contributed by atoms with Crippen molar-refractivity contribution in [2.24, 2.45) is 0 Å². The van der Waals surface area contributed by atoms with Crippen molar-refractivity contribution < 1.29 is 9.13 Å². The average molecular weight is 359 g/mol. The lowest BCUT2D eigenvalue weighted by molar-refractivity contribution is 0.416. The fourth-order valence-corrected chi connectivity index (χ4v) is 2.37. The van der Waals surface area contributed by atoms with E-state index >= 15 is 0 Å². The second-order valence-corrected chi connectivity index (χ2v) is 5.73. The molecule has 0 aliphatic rings. The van der Waals surface area contributed by atoms with Crippen LogP contribution in [0.2, 0.25) is 5.02 Å². The van der Waals surface area contributed by atoms with Gasteiger partial charge in [0.05, 0.1) is 12.8 Å². The van der Waals surface area contributed by atoms with Gasteiger partial charge in [-0.15, -0.1) is 0 Å². The number of aromatic nitrogens is 2. The van der Waals surface area contributed by atoms with E-state index in [2.05, 4.69) is 20.6 Å². The predicted molar refractivity (Wildman–Crippen MR) is 97.7 cm³/mol. The maximum atomic E-state index is 13.0. The van der Waals surface area contributed by atoms with Gasteiger partial charge in [-0.2, -0.15) is 4.98 Å². The van der Waals surface area contributed by atoms with Crippen molar-refractivity contribution in [3.8, 4) is 5.75 Å². The topological polar surface area (TPSA) is 59.1 Å². The standard InChI is InChI=1S/C18H16ClFN4O/c1-11-9-15(16(25-2)10-14(11)19)23-17-7-8-21-18(24-17)22-13-5-3-12(20)4-6-13/h3-10H,1-2H3,(H2,21,22,23,24). The van der Waals surface area contributed by atoms with Gasteiger partial charge in [0, 0.05) is 23.0 Å². The van der Waals surface area contributed by atoms with Crippen LogP contribution in [0.4, 0.5) is 27.5 Å². The lowest BCUT2D eigenvalue weighted by atomic mass is 10.2. The van der Waals surface area contributed by atoms with Crippen molar-refractivity contribution in [1.82, 2.24) is 9.97 Å². The molecule has 0 saturated heterocycles. The van der Waals surface area contributed by atoms with Crippen LogP contribution < -0.4 is 15.4 Å². The Bertz CT molecular complexity index is 887. The number of rotatable bonds is 5. The van der Waals surface area contributed by atoms with Crippen LogP contribution in [0, 0.1) is 12.7 Å². The number of aryl methyl sites for hydroxylation is 1. The van der Waals surface area contributed by atoms with Crippen molar-refractivity contribution >= 4 is 34.7 Å². The zero-order valence-electron chi connectivity index (χ0n) is 13.7. The minimum atomic E-state index is -0.299. The Kier molecular flexibility index (Phi) is 5.00. The van der Waals surface area contributed by atoms with E-state index in [1.54, 1.807) is 37.6 Å². The van der Waals surface area contributed by atoms with Gasteiger partial charge in [0.15, 0.2) is 0 Å². The molecule has 1 aromatic heterocycles. The summed E-state index contributed by atoms with van der Waals surface area (Å²) in [7, 11) is 1.58. The molecule has 0 fully saturated rings. The molecule has 0 atom stereocenters. The Morgan fingerprint density at radius 2 is 1.84 bits per heavy atom. The van der Waals surface area contributed by atoms with E-state index in [0.717, 1.165) is 11.3 Å². The molecule has 7 heteroatoms. The summed E-state index contributed by atoms with van der Waals surface area (Å²) in [6.45, 7) is 1.91. The van der Waals surface area contributed by atoms with E-state index < -0.39 is 0 Å². The summed E-state index contributed by atoms with van der Waals surface area (Å²) in [5, 5.41) is 6.85. The Morgan fingerprint density at radius 1 is 1.08 bits per heavy atom. The number of benzene rings is 2. The van der Waals surface area contributed by atoms with E-state index in [9.17, 15) is 4.39 Å². The van der Waals surface area contributed by atoms with Crippen molar-refractivity contribution in [3.63, 3.8) is 0 Å². The normalized spacial score (nSPS) is 10.4. The van der Waals surface area contributed by atoms with Crippen molar-refractivity contribution in [2.45, 2.75) is 6.92 Å². The maximum absolute atomic E-state index is 13.0. The third kappa shape index (κ3) is 4.16. The average Bonchev–Trinajstić information content (AvgIpc) is 2.60. The SMILES string of the molecule is COc1cc(Cl)c(C)cc1Nc1ccnc(Nc2ccc(F)cc2)n1. The van der Waals surface area contributed by atoms with Gasteiger partial charge in [-0.1, -0.05) is 11.6 Å². The lowest BCUT2D eigenvalue weighted by Gasteiger charge is -2.13. The number of hydrogen-bond donors (Lipinski definition) is 2. The fourth-order valence-electron chi connectivity index (χ4n) is 2.22. The highest BCUT2D eigenvalue weighted by Gasteiger charge is 2.09. The van der Waals surface area contributed by atoms with Crippen LogP contribution in [0.15, 0.2) is 48.7 Å². The molecule has 5 nitrogen and oxygen atoms in total. The zero-order chi connectivity index (χ0) is 17.8. The number of hydrogen-bond acceptors (Lipinski definition) is 5. The lowest BCUT2D eigenvalue weighted by Crippen LogP contribution is -2.01. The summed E-state index contributed by atoms with van der Waals surface area (Å²) in [5.74, 6) is 1.29.